The number of hydrogen-bond donors (Lipinski definition) is 0. The molecule has 3 heterocycles. The third-order valence-corrected chi connectivity index (χ3v) is 4.71. The highest BCUT2D eigenvalue weighted by Crippen LogP contribution is 2.48. The lowest BCUT2D eigenvalue weighted by atomic mass is 10.5. The first-order valence-electron chi connectivity index (χ1n) is 7.86. The number of hydrogen-bond acceptors (Lipinski definition) is 6. The zero-order valence-corrected chi connectivity index (χ0v) is 13.6. The molecule has 0 unspecified atom stereocenters. The first kappa shape index (κ1) is 14.2. The van der Waals surface area contributed by atoms with Gasteiger partial charge in [0.1, 0.15) is 39.2 Å². The quantitative estimate of drug-likeness (QED) is 0.657. The predicted octanol–water partition coefficient (Wildman–Crippen LogP) is 3.31. The number of rotatable bonds is 2. The highest BCUT2D eigenvalue weighted by Gasteiger charge is 2.40. The number of benzene rings is 2. The predicted molar refractivity (Wildman–Crippen MR) is 90.5 cm³/mol. The molecule has 2 atom stereocenters. The molecule has 0 saturated heterocycles. The molecule has 0 saturated carbocycles. The maximum absolute atomic E-state index is 13.2. The molecule has 2 aliphatic heterocycles. The van der Waals surface area contributed by atoms with E-state index in [1.54, 1.807) is 30.5 Å². The van der Waals surface area contributed by atoms with Crippen molar-refractivity contribution in [2.45, 2.75) is 12.2 Å². The summed E-state index contributed by atoms with van der Waals surface area (Å²) in [5, 5.41) is 0.771. The molecular formula is C19H14O6. The summed E-state index contributed by atoms with van der Waals surface area (Å²) in [6.07, 6.45) is 3.07. The second-order valence-corrected chi connectivity index (χ2v) is 5.94. The second kappa shape index (κ2) is 4.92. The Balaban J connectivity index is 1.98. The molecule has 0 radical (unpaired) electrons. The van der Waals surface area contributed by atoms with Crippen molar-refractivity contribution in [1.29, 1.82) is 0 Å². The fraction of sp³-hybridized carbons (Fsp3) is 0.211. The molecule has 2 aromatic carbocycles. The van der Waals surface area contributed by atoms with Gasteiger partial charge >= 0.3 is 0 Å². The summed E-state index contributed by atoms with van der Waals surface area (Å²) in [6.45, 7) is 0. The highest BCUT2D eigenvalue weighted by atomic mass is 17.0. The topological polar surface area (TPSA) is 67.1 Å². The van der Waals surface area contributed by atoms with E-state index >= 15 is 0 Å². The summed E-state index contributed by atoms with van der Waals surface area (Å²) in [5.74, 6) is 1.36. The van der Waals surface area contributed by atoms with Gasteiger partial charge in [0, 0.05) is 6.07 Å². The van der Waals surface area contributed by atoms with Gasteiger partial charge in [0.25, 0.3) is 6.29 Å². The summed E-state index contributed by atoms with van der Waals surface area (Å²) in [4.78, 5) is 13.2. The van der Waals surface area contributed by atoms with Crippen molar-refractivity contribution >= 4 is 21.9 Å². The molecule has 0 aliphatic carbocycles. The minimum Gasteiger partial charge on any atom is -0.496 e. The Bertz CT molecular complexity index is 1110. The zero-order valence-electron chi connectivity index (χ0n) is 13.6. The Kier molecular flexibility index (Phi) is 2.80. The van der Waals surface area contributed by atoms with Crippen LogP contribution in [-0.2, 0) is 4.74 Å². The minimum absolute atomic E-state index is 0.116. The summed E-state index contributed by atoms with van der Waals surface area (Å²) < 4.78 is 28.2. The molecule has 1 aromatic heterocycles. The lowest BCUT2D eigenvalue weighted by Crippen LogP contribution is -2.14. The molecule has 25 heavy (non-hydrogen) atoms. The first-order valence-corrected chi connectivity index (χ1v) is 7.86. The molecule has 6 heteroatoms. The van der Waals surface area contributed by atoms with Crippen LogP contribution in [0.25, 0.3) is 21.9 Å². The maximum atomic E-state index is 13.2. The SMILES string of the molecule is CO[14c]1c[14cH]c[14c]2o[14c]3c4[14c](c[14c](OC)c3[14c](=O)c12)O[14C@H]1OC=[14CH][C@@H]41. The van der Waals surface area contributed by atoms with Gasteiger partial charge < -0.3 is 23.4 Å². The van der Waals surface area contributed by atoms with Crippen LogP contribution in [0.15, 0.2) is 45.8 Å². The van der Waals surface area contributed by atoms with E-state index in [-0.39, 0.29) is 11.3 Å². The van der Waals surface area contributed by atoms with Gasteiger partial charge in [0.15, 0.2) is 0 Å². The van der Waals surface area contributed by atoms with Gasteiger partial charge in [-0.3, -0.25) is 4.79 Å². The van der Waals surface area contributed by atoms with Crippen LogP contribution >= 0.6 is 0 Å². The normalized spacial score (nSPS) is 20.2. The molecule has 3 aromatic rings. The average Bonchev–Trinajstić information content (AvgIpc) is 3.20. The monoisotopic (exact) mass is 356 g/mol. The Morgan fingerprint density at radius 1 is 1.20 bits per heavy atom. The van der Waals surface area contributed by atoms with Crippen molar-refractivity contribution in [3.05, 3.63) is 52.4 Å². The van der Waals surface area contributed by atoms with Gasteiger partial charge in [-0.05, 0) is 18.2 Å². The average molecular weight is 356 g/mol. The second-order valence-electron chi connectivity index (χ2n) is 5.94. The highest BCUT2D eigenvalue weighted by molar-refractivity contribution is 5.98. The van der Waals surface area contributed by atoms with E-state index in [1.165, 1.54) is 14.2 Å². The summed E-state index contributed by atoms with van der Waals surface area (Å²) in [5.41, 5.74) is 1.53. The minimum atomic E-state index is -0.434. The largest absolute Gasteiger partial charge is 0.496 e. The molecule has 0 bridgehead atoms. The van der Waals surface area contributed by atoms with Crippen molar-refractivity contribution in [1.82, 2.24) is 0 Å². The van der Waals surface area contributed by atoms with Crippen LogP contribution in [0.1, 0.15) is 11.5 Å². The smallest absolute Gasteiger partial charge is 0.250 e. The van der Waals surface area contributed by atoms with Gasteiger partial charge in [0.2, 0.25) is 5.43 Å². The van der Waals surface area contributed by atoms with Gasteiger partial charge in [-0.1, -0.05) is 6.07 Å². The van der Waals surface area contributed by atoms with Crippen molar-refractivity contribution in [3.63, 3.8) is 0 Å². The molecule has 6 nitrogen and oxygen atoms in total. The van der Waals surface area contributed by atoms with Crippen molar-refractivity contribution < 1.29 is 23.4 Å². The number of fused-ring (bicyclic) bond motifs is 6. The third-order valence-electron chi connectivity index (χ3n) is 4.71. The molecule has 2 aliphatic rings. The summed E-state index contributed by atoms with van der Waals surface area (Å²) in [6, 6.07) is 6.98. The van der Waals surface area contributed by atoms with Crippen molar-refractivity contribution in [2.75, 3.05) is 14.2 Å². The van der Waals surface area contributed by atoms with Crippen LogP contribution in [-0.4, -0.2) is 20.5 Å². The van der Waals surface area contributed by atoms with E-state index in [9.17, 15) is 4.79 Å². The fourth-order valence-corrected chi connectivity index (χ4v) is 3.59. The van der Waals surface area contributed by atoms with Gasteiger partial charge in [-0.2, -0.15) is 0 Å². The maximum Gasteiger partial charge on any atom is 0.250 e. The van der Waals surface area contributed by atoms with Crippen LogP contribution in [0.2, 0.25) is 0 Å². The molecule has 0 fully saturated rings. The summed E-state index contributed by atoms with van der Waals surface area (Å²) in [7, 11) is 3.04. The Labute approximate surface area is 142 Å². The zero-order chi connectivity index (χ0) is 17.1. The lowest BCUT2D eigenvalue weighted by molar-refractivity contribution is -0.00484. The molecule has 0 N–H and O–H groups in total. The molecule has 5 rings (SSSR count). The standard InChI is InChI=1S/C19H14O6/c1-21-10-4-3-5-11-15(10)17(20)16-12(22-2)8-13-14(18(16)24-11)9-6-7-23-19(9)25-13/h3-9,19H,1-2H3/t9-,19+/m0/s1/i3+2,6+2,10+2,11+2,12+2,13+2,17+2,18+2,19+2. The van der Waals surface area contributed by atoms with E-state index in [4.69, 9.17) is 23.4 Å². The molecular weight excluding hydrogens is 342 g/mol. The van der Waals surface area contributed by atoms with Crippen LogP contribution < -0.4 is 19.6 Å². The Hall–Kier alpha value is -3.15. The van der Waals surface area contributed by atoms with E-state index in [2.05, 4.69) is 0 Å². The molecule has 126 valence electrons. The van der Waals surface area contributed by atoms with Gasteiger partial charge in [0.05, 0.1) is 32.0 Å². The van der Waals surface area contributed by atoms with Crippen LogP contribution in [0.3, 0.4) is 0 Å². The Morgan fingerprint density at radius 2 is 2.04 bits per heavy atom. The lowest BCUT2D eigenvalue weighted by Gasteiger charge is -2.12. The number of ether oxygens (including phenoxy) is 4. The van der Waals surface area contributed by atoms with Crippen molar-refractivity contribution in [3.8, 4) is 17.2 Å². The van der Waals surface area contributed by atoms with Crippen LogP contribution in [0.4, 0.5) is 0 Å². The van der Waals surface area contributed by atoms with Gasteiger partial charge in [-0.25, -0.2) is 0 Å². The molecule has 0 amide bonds. The number of methoxy groups -OCH3 is 2. The summed E-state index contributed by atoms with van der Waals surface area (Å²) >= 11 is 0. The van der Waals surface area contributed by atoms with E-state index < -0.39 is 6.29 Å². The third kappa shape index (κ3) is 1.76. The van der Waals surface area contributed by atoms with E-state index in [0.29, 0.717) is 39.2 Å². The first-order chi connectivity index (χ1) is 12.2. The van der Waals surface area contributed by atoms with E-state index in [1.807, 2.05) is 6.08 Å². The van der Waals surface area contributed by atoms with Gasteiger partial charge in [-0.15, -0.1) is 0 Å². The Morgan fingerprint density at radius 3 is 2.84 bits per heavy atom. The van der Waals surface area contributed by atoms with E-state index in [0.717, 1.165) is 5.56 Å². The van der Waals surface area contributed by atoms with Crippen LogP contribution in [0.5, 0.6) is 17.2 Å². The molecule has 0 spiro atoms. The fourth-order valence-electron chi connectivity index (χ4n) is 3.59. The van der Waals surface area contributed by atoms with Crippen LogP contribution in [0, 0.1) is 0 Å². The van der Waals surface area contributed by atoms with Crippen molar-refractivity contribution in [2.24, 2.45) is 0 Å².